The fraction of sp³-hybridized carbons (Fsp3) is 0. The summed E-state index contributed by atoms with van der Waals surface area (Å²) in [5.41, 5.74) is 0. The minimum atomic E-state index is 0.711. The SMILES string of the molecule is Brc1cnncn1. The highest BCUT2D eigenvalue weighted by Crippen LogP contribution is 1.96. The number of rotatable bonds is 0. The van der Waals surface area contributed by atoms with Crippen molar-refractivity contribution in [3.05, 3.63) is 17.1 Å². The second-order valence-corrected chi connectivity index (χ2v) is 1.74. The zero-order valence-electron chi connectivity index (χ0n) is 3.37. The first-order valence-corrected chi connectivity index (χ1v) is 2.47. The van der Waals surface area contributed by atoms with Crippen molar-refractivity contribution < 1.29 is 0 Å². The van der Waals surface area contributed by atoms with Crippen LogP contribution in [0.1, 0.15) is 0 Å². The van der Waals surface area contributed by atoms with Gasteiger partial charge in [-0.15, -0.1) is 5.10 Å². The van der Waals surface area contributed by atoms with Gasteiger partial charge in [-0.2, -0.15) is 5.10 Å². The summed E-state index contributed by atoms with van der Waals surface area (Å²) < 4.78 is 0.711. The highest BCUT2D eigenvalue weighted by Gasteiger charge is 1.78. The van der Waals surface area contributed by atoms with Crippen LogP contribution in [0.4, 0.5) is 0 Å². The fourth-order valence-electron chi connectivity index (χ4n) is 0.225. The zero-order chi connectivity index (χ0) is 5.11. The molecule has 36 valence electrons. The molecular weight excluding hydrogens is 158 g/mol. The molecule has 1 heterocycles. The summed E-state index contributed by atoms with van der Waals surface area (Å²) in [7, 11) is 0. The van der Waals surface area contributed by atoms with Gasteiger partial charge in [0.15, 0.2) is 0 Å². The van der Waals surface area contributed by atoms with Crippen LogP contribution in [0.15, 0.2) is 17.1 Å². The molecule has 1 aromatic heterocycles. The lowest BCUT2D eigenvalue weighted by Gasteiger charge is -1.78. The lowest BCUT2D eigenvalue weighted by atomic mass is 10.9. The summed E-state index contributed by atoms with van der Waals surface area (Å²) in [6, 6.07) is 0. The van der Waals surface area contributed by atoms with Gasteiger partial charge in [-0.25, -0.2) is 4.98 Å². The predicted octanol–water partition coefficient (Wildman–Crippen LogP) is 0.634. The molecule has 0 saturated heterocycles. The standard InChI is InChI=1S/C3H2BrN3/c4-3-1-6-7-2-5-3/h1-2H. The van der Waals surface area contributed by atoms with Crippen LogP contribution in [0.25, 0.3) is 0 Å². The lowest BCUT2D eigenvalue weighted by Crippen LogP contribution is -1.79. The fourth-order valence-corrected chi connectivity index (χ4v) is 0.408. The van der Waals surface area contributed by atoms with Crippen LogP contribution in [0, 0.1) is 0 Å². The van der Waals surface area contributed by atoms with Gasteiger partial charge in [0, 0.05) is 0 Å². The monoisotopic (exact) mass is 159 g/mol. The van der Waals surface area contributed by atoms with Crippen LogP contribution in [-0.2, 0) is 0 Å². The van der Waals surface area contributed by atoms with Crippen molar-refractivity contribution in [1.82, 2.24) is 15.2 Å². The van der Waals surface area contributed by atoms with Gasteiger partial charge in [-0.3, -0.25) is 0 Å². The molecule has 0 radical (unpaired) electrons. The van der Waals surface area contributed by atoms with E-state index in [1.165, 1.54) is 12.5 Å². The van der Waals surface area contributed by atoms with E-state index in [4.69, 9.17) is 0 Å². The number of halogens is 1. The van der Waals surface area contributed by atoms with Crippen molar-refractivity contribution in [3.63, 3.8) is 0 Å². The van der Waals surface area contributed by atoms with Gasteiger partial charge < -0.3 is 0 Å². The van der Waals surface area contributed by atoms with Gasteiger partial charge >= 0.3 is 0 Å². The van der Waals surface area contributed by atoms with E-state index in [1.54, 1.807) is 0 Å². The summed E-state index contributed by atoms with van der Waals surface area (Å²) in [5.74, 6) is 0. The van der Waals surface area contributed by atoms with Crippen LogP contribution in [0.2, 0.25) is 0 Å². The first-order chi connectivity index (χ1) is 3.39. The average molecular weight is 160 g/mol. The molecule has 0 spiro atoms. The molecule has 0 N–H and O–H groups in total. The minimum absolute atomic E-state index is 0.711. The maximum absolute atomic E-state index is 3.72. The Bertz CT molecular complexity index is 140. The van der Waals surface area contributed by atoms with Crippen molar-refractivity contribution >= 4 is 15.9 Å². The molecule has 0 bridgehead atoms. The van der Waals surface area contributed by atoms with Crippen LogP contribution in [0.5, 0.6) is 0 Å². The van der Waals surface area contributed by atoms with Gasteiger partial charge in [0.25, 0.3) is 0 Å². The summed E-state index contributed by atoms with van der Waals surface area (Å²) in [6.45, 7) is 0. The Kier molecular flexibility index (Phi) is 1.31. The molecule has 0 saturated carbocycles. The molecule has 0 amide bonds. The van der Waals surface area contributed by atoms with Crippen LogP contribution in [0.3, 0.4) is 0 Å². The van der Waals surface area contributed by atoms with E-state index < -0.39 is 0 Å². The molecule has 3 nitrogen and oxygen atoms in total. The molecule has 0 unspecified atom stereocenters. The second-order valence-electron chi connectivity index (χ2n) is 0.927. The van der Waals surface area contributed by atoms with Crippen molar-refractivity contribution in [2.45, 2.75) is 0 Å². The predicted molar refractivity (Wildman–Crippen MR) is 27.5 cm³/mol. The van der Waals surface area contributed by atoms with Gasteiger partial charge in [0.05, 0.1) is 6.20 Å². The summed E-state index contributed by atoms with van der Waals surface area (Å²) in [6.07, 6.45) is 2.91. The van der Waals surface area contributed by atoms with E-state index in [2.05, 4.69) is 31.1 Å². The Hall–Kier alpha value is -0.510. The molecule has 0 fully saturated rings. The maximum Gasteiger partial charge on any atom is 0.139 e. The van der Waals surface area contributed by atoms with Crippen molar-refractivity contribution in [3.8, 4) is 0 Å². The zero-order valence-corrected chi connectivity index (χ0v) is 4.96. The molecule has 1 aromatic rings. The smallest absolute Gasteiger partial charge is 0.139 e. The molecule has 0 aliphatic heterocycles. The number of hydrogen-bond donors (Lipinski definition) is 0. The molecule has 0 atom stereocenters. The first kappa shape index (κ1) is 4.64. The average Bonchev–Trinajstić information content (AvgIpc) is 1.69. The quantitative estimate of drug-likeness (QED) is 0.558. The maximum atomic E-state index is 3.72. The van der Waals surface area contributed by atoms with E-state index in [0.717, 1.165) is 0 Å². The highest BCUT2D eigenvalue weighted by atomic mass is 79.9. The van der Waals surface area contributed by atoms with Crippen molar-refractivity contribution in [2.24, 2.45) is 0 Å². The first-order valence-electron chi connectivity index (χ1n) is 1.68. The van der Waals surface area contributed by atoms with Crippen molar-refractivity contribution in [2.75, 3.05) is 0 Å². The summed E-state index contributed by atoms with van der Waals surface area (Å²) in [4.78, 5) is 3.72. The molecule has 0 aliphatic rings. The molecule has 0 aliphatic carbocycles. The Morgan fingerprint density at radius 3 is 2.57 bits per heavy atom. The normalized spacial score (nSPS) is 8.71. The number of nitrogens with zero attached hydrogens (tertiary/aromatic N) is 3. The van der Waals surface area contributed by atoms with Crippen LogP contribution < -0.4 is 0 Å². The van der Waals surface area contributed by atoms with E-state index in [1.807, 2.05) is 0 Å². The third-order valence-corrected chi connectivity index (χ3v) is 0.873. The molecule has 7 heavy (non-hydrogen) atoms. The third-order valence-electron chi connectivity index (χ3n) is 0.464. The van der Waals surface area contributed by atoms with Gasteiger partial charge in [-0.1, -0.05) is 0 Å². The molecule has 1 rings (SSSR count). The minimum Gasteiger partial charge on any atom is -0.226 e. The molecule has 4 heteroatoms. The van der Waals surface area contributed by atoms with Gasteiger partial charge in [0.1, 0.15) is 10.9 Å². The van der Waals surface area contributed by atoms with Gasteiger partial charge in [-0.05, 0) is 15.9 Å². The Labute approximate surface area is 48.9 Å². The summed E-state index contributed by atoms with van der Waals surface area (Å²) >= 11 is 3.10. The molecule has 0 aromatic carbocycles. The van der Waals surface area contributed by atoms with Gasteiger partial charge in [0.2, 0.25) is 0 Å². The van der Waals surface area contributed by atoms with Crippen molar-refractivity contribution in [1.29, 1.82) is 0 Å². The second kappa shape index (κ2) is 1.97. The highest BCUT2D eigenvalue weighted by molar-refractivity contribution is 9.10. The Balaban J connectivity index is 3.02. The van der Waals surface area contributed by atoms with E-state index in [9.17, 15) is 0 Å². The Morgan fingerprint density at radius 1 is 1.43 bits per heavy atom. The number of aromatic nitrogens is 3. The largest absolute Gasteiger partial charge is 0.226 e. The van der Waals surface area contributed by atoms with E-state index in [-0.39, 0.29) is 0 Å². The number of hydrogen-bond acceptors (Lipinski definition) is 3. The third kappa shape index (κ3) is 1.19. The topological polar surface area (TPSA) is 38.7 Å². The van der Waals surface area contributed by atoms with E-state index in [0.29, 0.717) is 4.60 Å². The summed E-state index contributed by atoms with van der Waals surface area (Å²) in [5, 5.41) is 6.98. The molecular formula is C3H2BrN3. The van der Waals surface area contributed by atoms with E-state index >= 15 is 0 Å². The van der Waals surface area contributed by atoms with Crippen LogP contribution in [-0.4, -0.2) is 15.2 Å². The van der Waals surface area contributed by atoms with Crippen LogP contribution >= 0.6 is 15.9 Å². The Morgan fingerprint density at radius 2 is 2.29 bits per heavy atom. The lowest BCUT2D eigenvalue weighted by molar-refractivity contribution is 0.953.